The van der Waals surface area contributed by atoms with E-state index < -0.39 is 17.7 Å². The average Bonchev–Trinajstić information content (AvgIpc) is 2.43. The number of carbonyl (C=O) groups is 3. The van der Waals surface area contributed by atoms with Crippen LogP contribution in [0, 0.1) is 0 Å². The molecule has 8 heteroatoms. The second-order valence-electron chi connectivity index (χ2n) is 4.54. The predicted octanol–water partition coefficient (Wildman–Crippen LogP) is 1.68. The molecule has 0 unspecified atom stereocenters. The number of hydrazine groups is 1. The van der Waals surface area contributed by atoms with Gasteiger partial charge in [0.05, 0.1) is 0 Å². The fraction of sp³-hybridized carbons (Fsp3) is 0.214. The topological polar surface area (TPSA) is 87.3 Å². The highest BCUT2D eigenvalue weighted by Crippen LogP contribution is 2.25. The summed E-state index contributed by atoms with van der Waals surface area (Å²) in [6, 6.07) is 4.75. The van der Waals surface area contributed by atoms with Gasteiger partial charge in [-0.15, -0.1) is 0 Å². The number of nitrogens with one attached hydrogen (secondary N) is 3. The molecule has 0 saturated heterocycles. The Labute approximate surface area is 137 Å². The van der Waals surface area contributed by atoms with Gasteiger partial charge in [-0.1, -0.05) is 29.3 Å². The molecule has 22 heavy (non-hydrogen) atoms. The normalized spacial score (nSPS) is 10.6. The van der Waals surface area contributed by atoms with Crippen LogP contribution in [0.15, 0.2) is 24.3 Å². The van der Waals surface area contributed by atoms with Gasteiger partial charge in [0.25, 0.3) is 5.91 Å². The predicted molar refractivity (Wildman–Crippen MR) is 85.1 cm³/mol. The van der Waals surface area contributed by atoms with E-state index in [0.29, 0.717) is 15.6 Å². The number of benzene rings is 1. The van der Waals surface area contributed by atoms with E-state index >= 15 is 0 Å². The summed E-state index contributed by atoms with van der Waals surface area (Å²) in [6.07, 6.45) is 2.54. The smallest absolute Gasteiger partial charge is 0.327 e. The molecule has 3 amide bonds. The van der Waals surface area contributed by atoms with Crippen molar-refractivity contribution in [3.8, 4) is 0 Å². The van der Waals surface area contributed by atoms with Crippen LogP contribution >= 0.6 is 23.2 Å². The van der Waals surface area contributed by atoms with Crippen LogP contribution in [0.5, 0.6) is 0 Å². The van der Waals surface area contributed by atoms with Crippen molar-refractivity contribution in [2.24, 2.45) is 0 Å². The van der Waals surface area contributed by atoms with Gasteiger partial charge in [0.15, 0.2) is 0 Å². The third-order valence-corrected chi connectivity index (χ3v) is 2.99. The molecule has 0 aliphatic heterocycles. The molecule has 0 radical (unpaired) electrons. The van der Waals surface area contributed by atoms with E-state index in [1.54, 1.807) is 32.0 Å². The van der Waals surface area contributed by atoms with Gasteiger partial charge >= 0.3 is 11.8 Å². The molecule has 0 saturated carbocycles. The van der Waals surface area contributed by atoms with Crippen LogP contribution in [-0.2, 0) is 14.4 Å². The second-order valence-corrected chi connectivity index (χ2v) is 5.35. The minimum atomic E-state index is -0.966. The SMILES string of the molecule is CC(C)NC(=O)C(=O)NNC(=O)/C=C/c1c(Cl)cccc1Cl. The van der Waals surface area contributed by atoms with Crippen LogP contribution in [0.3, 0.4) is 0 Å². The van der Waals surface area contributed by atoms with E-state index in [0.717, 1.165) is 6.08 Å². The lowest BCUT2D eigenvalue weighted by Crippen LogP contribution is -2.49. The van der Waals surface area contributed by atoms with Crippen molar-refractivity contribution in [3.63, 3.8) is 0 Å². The molecule has 6 nitrogen and oxygen atoms in total. The third kappa shape index (κ3) is 5.75. The van der Waals surface area contributed by atoms with Gasteiger partial charge in [0.2, 0.25) is 0 Å². The molecule has 0 aliphatic carbocycles. The van der Waals surface area contributed by atoms with E-state index in [-0.39, 0.29) is 6.04 Å². The third-order valence-electron chi connectivity index (χ3n) is 2.33. The average molecular weight is 344 g/mol. The van der Waals surface area contributed by atoms with E-state index in [9.17, 15) is 14.4 Å². The largest absolute Gasteiger partial charge is 0.346 e. The zero-order valence-electron chi connectivity index (χ0n) is 11.9. The van der Waals surface area contributed by atoms with Crippen molar-refractivity contribution in [3.05, 3.63) is 39.9 Å². The first-order valence-electron chi connectivity index (χ1n) is 6.34. The quantitative estimate of drug-likeness (QED) is 0.443. The maximum absolute atomic E-state index is 11.6. The van der Waals surface area contributed by atoms with Crippen LogP contribution in [0.4, 0.5) is 0 Å². The molecule has 0 atom stereocenters. The lowest BCUT2D eigenvalue weighted by molar-refractivity contribution is -0.140. The lowest BCUT2D eigenvalue weighted by atomic mass is 10.2. The van der Waals surface area contributed by atoms with Crippen LogP contribution in [0.1, 0.15) is 19.4 Å². The van der Waals surface area contributed by atoms with Crippen LogP contribution < -0.4 is 16.2 Å². The van der Waals surface area contributed by atoms with Crippen molar-refractivity contribution < 1.29 is 14.4 Å². The van der Waals surface area contributed by atoms with Gasteiger partial charge in [-0.05, 0) is 32.1 Å². The highest BCUT2D eigenvalue weighted by Gasteiger charge is 2.14. The van der Waals surface area contributed by atoms with Crippen LogP contribution in [-0.4, -0.2) is 23.8 Å². The van der Waals surface area contributed by atoms with Crippen LogP contribution in [0.2, 0.25) is 10.0 Å². The molecular weight excluding hydrogens is 329 g/mol. The first-order chi connectivity index (χ1) is 10.3. The van der Waals surface area contributed by atoms with Crippen molar-refractivity contribution in [2.45, 2.75) is 19.9 Å². The van der Waals surface area contributed by atoms with Crippen LogP contribution in [0.25, 0.3) is 6.08 Å². The monoisotopic (exact) mass is 343 g/mol. The van der Waals surface area contributed by atoms with Gasteiger partial charge in [-0.2, -0.15) is 0 Å². The minimum absolute atomic E-state index is 0.184. The summed E-state index contributed by atoms with van der Waals surface area (Å²) in [4.78, 5) is 34.2. The Morgan fingerprint density at radius 2 is 1.64 bits per heavy atom. The Bertz CT molecular complexity index is 595. The molecule has 0 aromatic heterocycles. The van der Waals surface area contributed by atoms with Crippen molar-refractivity contribution in [1.82, 2.24) is 16.2 Å². The molecule has 1 aromatic rings. The molecule has 0 bridgehead atoms. The zero-order chi connectivity index (χ0) is 16.7. The summed E-state index contributed by atoms with van der Waals surface area (Å²) in [5.41, 5.74) is 4.54. The summed E-state index contributed by atoms with van der Waals surface area (Å²) in [6.45, 7) is 3.42. The van der Waals surface area contributed by atoms with Gasteiger partial charge in [-0.25, -0.2) is 0 Å². The molecule has 0 spiro atoms. The maximum atomic E-state index is 11.6. The van der Waals surface area contributed by atoms with E-state index in [4.69, 9.17) is 23.2 Å². The summed E-state index contributed by atoms with van der Waals surface area (Å²) in [5, 5.41) is 3.16. The van der Waals surface area contributed by atoms with E-state index in [1.807, 2.05) is 5.43 Å². The first-order valence-corrected chi connectivity index (χ1v) is 7.09. The number of hydrogen-bond donors (Lipinski definition) is 3. The summed E-state index contributed by atoms with van der Waals surface area (Å²) in [7, 11) is 0. The molecule has 3 N–H and O–H groups in total. The van der Waals surface area contributed by atoms with Gasteiger partial charge in [-0.3, -0.25) is 25.2 Å². The van der Waals surface area contributed by atoms with Gasteiger partial charge < -0.3 is 5.32 Å². The highest BCUT2D eigenvalue weighted by molar-refractivity contribution is 6.37. The summed E-state index contributed by atoms with van der Waals surface area (Å²) in [5.74, 6) is -2.44. The fourth-order valence-corrected chi connectivity index (χ4v) is 1.90. The highest BCUT2D eigenvalue weighted by atomic mass is 35.5. The maximum Gasteiger partial charge on any atom is 0.327 e. The van der Waals surface area contributed by atoms with Crippen molar-refractivity contribution in [2.75, 3.05) is 0 Å². The Kier molecular flexibility index (Phi) is 6.88. The molecular formula is C14H15Cl2N3O3. The number of amides is 3. The summed E-state index contributed by atoms with van der Waals surface area (Å²) >= 11 is 11.9. The Hall–Kier alpha value is -2.05. The first kappa shape index (κ1) is 18.0. The number of rotatable bonds is 3. The molecule has 118 valence electrons. The summed E-state index contributed by atoms with van der Waals surface area (Å²) < 4.78 is 0. The van der Waals surface area contributed by atoms with E-state index in [2.05, 4.69) is 10.7 Å². The zero-order valence-corrected chi connectivity index (χ0v) is 13.5. The second kappa shape index (κ2) is 8.41. The molecule has 1 rings (SSSR count). The van der Waals surface area contributed by atoms with Gasteiger partial charge in [0, 0.05) is 27.7 Å². The number of hydrogen-bond acceptors (Lipinski definition) is 3. The van der Waals surface area contributed by atoms with Crippen molar-refractivity contribution in [1.29, 1.82) is 0 Å². The Morgan fingerprint density at radius 1 is 1.05 bits per heavy atom. The Morgan fingerprint density at radius 3 is 2.18 bits per heavy atom. The molecule has 1 aromatic carbocycles. The Balaban J connectivity index is 2.55. The fourth-order valence-electron chi connectivity index (χ4n) is 1.37. The van der Waals surface area contributed by atoms with Crippen molar-refractivity contribution >= 4 is 47.0 Å². The van der Waals surface area contributed by atoms with Gasteiger partial charge in [0.1, 0.15) is 0 Å². The number of carbonyl (C=O) groups excluding carboxylic acids is 3. The minimum Gasteiger partial charge on any atom is -0.346 e. The lowest BCUT2D eigenvalue weighted by Gasteiger charge is -2.08. The molecule has 0 fully saturated rings. The van der Waals surface area contributed by atoms with E-state index in [1.165, 1.54) is 6.08 Å². The molecule has 0 heterocycles. The number of halogens is 2. The standard InChI is InChI=1S/C14H15Cl2N3O3/c1-8(2)17-13(21)14(22)19-18-12(20)7-6-9-10(15)4-3-5-11(9)16/h3-8H,1-2H3,(H,17,21)(H,18,20)(H,19,22)/b7-6+. The molecule has 0 aliphatic rings.